The summed E-state index contributed by atoms with van der Waals surface area (Å²) in [5, 5.41) is 10.9. The SMILES string of the molecule is Cc1cc(O)c(CN2C[C@H]3C[C@@H](C2)c2cccc(=O)n2C3)c2c1C(=O)/C(=C/c1cccnc1)O2. The van der Waals surface area contributed by atoms with Crippen molar-refractivity contribution in [2.45, 2.75) is 32.4 Å². The van der Waals surface area contributed by atoms with Crippen molar-refractivity contribution in [3.05, 3.63) is 92.9 Å². The van der Waals surface area contributed by atoms with Crippen LogP contribution in [0.5, 0.6) is 11.5 Å². The van der Waals surface area contributed by atoms with Crippen LogP contribution in [0.3, 0.4) is 0 Å². The summed E-state index contributed by atoms with van der Waals surface area (Å²) in [5.74, 6) is 1.29. The number of hydrogen-bond donors (Lipinski definition) is 1. The van der Waals surface area contributed by atoms with Crippen LogP contribution in [0.4, 0.5) is 0 Å². The van der Waals surface area contributed by atoms with Gasteiger partial charge in [0, 0.05) is 56.3 Å². The predicted octanol–water partition coefficient (Wildman–Crippen LogP) is 3.49. The van der Waals surface area contributed by atoms with E-state index in [0.29, 0.717) is 41.4 Å². The number of fused-ring (bicyclic) bond motifs is 5. The molecule has 7 heteroatoms. The molecule has 0 spiro atoms. The fourth-order valence-electron chi connectivity index (χ4n) is 5.69. The van der Waals surface area contributed by atoms with E-state index in [-0.39, 0.29) is 28.8 Å². The fraction of sp³-hybridized carbons (Fsp3) is 0.296. The number of aryl methyl sites for hydroxylation is 1. The number of benzene rings is 1. The number of pyridine rings is 2. The van der Waals surface area contributed by atoms with Crippen molar-refractivity contribution in [2.75, 3.05) is 13.1 Å². The fourth-order valence-corrected chi connectivity index (χ4v) is 5.69. The largest absolute Gasteiger partial charge is 0.507 e. The number of likely N-dealkylation sites (tertiary alicyclic amines) is 1. The van der Waals surface area contributed by atoms with Crippen molar-refractivity contribution in [3.63, 3.8) is 0 Å². The van der Waals surface area contributed by atoms with E-state index in [1.165, 1.54) is 0 Å². The Balaban J connectivity index is 1.32. The monoisotopic (exact) mass is 455 g/mol. The summed E-state index contributed by atoms with van der Waals surface area (Å²) in [7, 11) is 0. The maximum atomic E-state index is 13.2. The lowest BCUT2D eigenvalue weighted by Gasteiger charge is -2.43. The number of phenolic OH excluding ortho intramolecular Hbond substituents is 1. The summed E-state index contributed by atoms with van der Waals surface area (Å²) in [4.78, 5) is 31.9. The Morgan fingerprint density at radius 3 is 2.88 bits per heavy atom. The summed E-state index contributed by atoms with van der Waals surface area (Å²) in [6.45, 7) is 4.62. The first kappa shape index (κ1) is 20.9. The number of aromatic hydroxyl groups is 1. The number of carbonyl (C=O) groups excluding carboxylic acids is 1. The van der Waals surface area contributed by atoms with Gasteiger partial charge >= 0.3 is 0 Å². The van der Waals surface area contributed by atoms with E-state index < -0.39 is 0 Å². The van der Waals surface area contributed by atoms with E-state index >= 15 is 0 Å². The number of carbonyl (C=O) groups is 1. The van der Waals surface area contributed by atoms with Crippen LogP contribution in [0.15, 0.2) is 59.3 Å². The second-order valence-electron chi connectivity index (χ2n) is 9.51. The molecule has 7 nitrogen and oxygen atoms in total. The smallest absolute Gasteiger partial charge is 0.250 e. The standard InChI is InChI=1S/C27H25N3O4/c1-16-8-22(31)20(27-25(16)26(33)23(34-27)10-17-4-3-7-28-11-17)15-29-12-18-9-19(14-29)21-5-2-6-24(32)30(21)13-18/h2-8,10-11,18-19,31H,9,12-15H2,1H3/b23-10-/t18-,19+/m1/s1. The number of ketones is 1. The molecule has 34 heavy (non-hydrogen) atoms. The van der Waals surface area contributed by atoms with Crippen LogP contribution in [0, 0.1) is 12.8 Å². The van der Waals surface area contributed by atoms with Gasteiger partial charge in [-0.2, -0.15) is 0 Å². The highest BCUT2D eigenvalue weighted by Gasteiger charge is 2.37. The lowest BCUT2D eigenvalue weighted by Crippen LogP contribution is -2.46. The van der Waals surface area contributed by atoms with Crippen molar-refractivity contribution in [3.8, 4) is 11.5 Å². The van der Waals surface area contributed by atoms with Gasteiger partial charge in [-0.05, 0) is 54.7 Å². The maximum Gasteiger partial charge on any atom is 0.250 e. The van der Waals surface area contributed by atoms with Gasteiger partial charge in [0.05, 0.1) is 11.1 Å². The molecular formula is C27H25N3O4. The van der Waals surface area contributed by atoms with Gasteiger partial charge in [-0.15, -0.1) is 0 Å². The number of hydrogen-bond acceptors (Lipinski definition) is 6. The minimum Gasteiger partial charge on any atom is -0.507 e. The van der Waals surface area contributed by atoms with Crippen molar-refractivity contribution >= 4 is 11.9 Å². The number of aromatic nitrogens is 2. The molecule has 3 aliphatic rings. The zero-order valence-corrected chi connectivity index (χ0v) is 18.9. The first-order valence-electron chi connectivity index (χ1n) is 11.6. The van der Waals surface area contributed by atoms with E-state index in [1.54, 1.807) is 36.7 Å². The predicted molar refractivity (Wildman–Crippen MR) is 127 cm³/mol. The second kappa shape index (κ2) is 7.95. The summed E-state index contributed by atoms with van der Waals surface area (Å²) < 4.78 is 7.99. The molecule has 6 rings (SSSR count). The molecule has 172 valence electrons. The highest BCUT2D eigenvalue weighted by atomic mass is 16.5. The van der Waals surface area contributed by atoms with E-state index in [1.807, 2.05) is 29.7 Å². The van der Waals surface area contributed by atoms with E-state index in [9.17, 15) is 14.7 Å². The van der Waals surface area contributed by atoms with E-state index in [4.69, 9.17) is 4.74 Å². The van der Waals surface area contributed by atoms with Crippen molar-refractivity contribution < 1.29 is 14.6 Å². The second-order valence-corrected chi connectivity index (χ2v) is 9.51. The van der Waals surface area contributed by atoms with Gasteiger partial charge in [-0.25, -0.2) is 0 Å². The number of phenols is 1. The Kier molecular flexibility index (Phi) is 4.88. The Morgan fingerprint density at radius 1 is 1.18 bits per heavy atom. The molecule has 2 atom stereocenters. The molecule has 1 saturated heterocycles. The topological polar surface area (TPSA) is 84.7 Å². The van der Waals surface area contributed by atoms with Crippen LogP contribution in [0.1, 0.15) is 45.1 Å². The van der Waals surface area contributed by atoms with Crippen LogP contribution < -0.4 is 10.3 Å². The highest BCUT2D eigenvalue weighted by Crippen LogP contribution is 2.43. The van der Waals surface area contributed by atoms with E-state index in [2.05, 4.69) is 9.88 Å². The van der Waals surface area contributed by atoms with Gasteiger partial charge in [0.2, 0.25) is 5.78 Å². The van der Waals surface area contributed by atoms with Gasteiger partial charge in [0.1, 0.15) is 11.5 Å². The van der Waals surface area contributed by atoms with Gasteiger partial charge in [0.25, 0.3) is 5.56 Å². The quantitative estimate of drug-likeness (QED) is 0.609. The number of nitrogens with zero attached hydrogens (tertiary/aromatic N) is 3. The average molecular weight is 456 g/mol. The van der Waals surface area contributed by atoms with Crippen LogP contribution in [-0.4, -0.2) is 38.4 Å². The Labute approximate surface area is 196 Å². The third-order valence-electron chi connectivity index (χ3n) is 7.14. The zero-order chi connectivity index (χ0) is 23.4. The first-order chi connectivity index (χ1) is 16.5. The summed E-state index contributed by atoms with van der Waals surface area (Å²) in [6, 6.07) is 10.8. The highest BCUT2D eigenvalue weighted by molar-refractivity contribution is 6.15. The summed E-state index contributed by atoms with van der Waals surface area (Å²) >= 11 is 0. The summed E-state index contributed by atoms with van der Waals surface area (Å²) in [6.07, 6.45) is 6.10. The molecule has 1 aromatic carbocycles. The van der Waals surface area contributed by atoms with Crippen molar-refractivity contribution in [2.24, 2.45) is 5.92 Å². The lowest BCUT2D eigenvalue weighted by molar-refractivity contribution is 0.101. The molecule has 1 fully saturated rings. The van der Waals surface area contributed by atoms with Gasteiger partial charge in [0.15, 0.2) is 5.76 Å². The first-order valence-corrected chi connectivity index (χ1v) is 11.6. The van der Waals surface area contributed by atoms with Crippen molar-refractivity contribution in [1.29, 1.82) is 0 Å². The Bertz CT molecular complexity index is 1390. The number of Topliss-reactive ketones (excluding diaryl/α,β-unsaturated/α-hetero) is 1. The third-order valence-corrected chi connectivity index (χ3v) is 7.14. The summed E-state index contributed by atoms with van der Waals surface area (Å²) in [5.41, 5.74) is 3.76. The number of ether oxygens (including phenoxy) is 1. The molecule has 0 radical (unpaired) electrons. The molecule has 3 aliphatic heterocycles. The molecule has 0 saturated carbocycles. The minimum atomic E-state index is -0.179. The number of rotatable bonds is 3. The van der Waals surface area contributed by atoms with Crippen LogP contribution in [-0.2, 0) is 13.1 Å². The lowest BCUT2D eigenvalue weighted by atomic mass is 9.83. The number of allylic oxidation sites excluding steroid dienone is 1. The van der Waals surface area contributed by atoms with Crippen LogP contribution in [0.2, 0.25) is 0 Å². The maximum absolute atomic E-state index is 13.2. The third kappa shape index (κ3) is 3.44. The molecule has 3 aromatic rings. The van der Waals surface area contributed by atoms with Crippen molar-refractivity contribution in [1.82, 2.24) is 14.5 Å². The molecule has 2 bridgehead atoms. The van der Waals surface area contributed by atoms with Crippen LogP contribution >= 0.6 is 0 Å². The molecule has 1 N–H and O–H groups in total. The van der Waals surface area contributed by atoms with Crippen LogP contribution in [0.25, 0.3) is 6.08 Å². The average Bonchev–Trinajstić information content (AvgIpc) is 3.14. The number of piperidine rings is 1. The van der Waals surface area contributed by atoms with Gasteiger partial charge < -0.3 is 14.4 Å². The molecule has 2 aromatic heterocycles. The zero-order valence-electron chi connectivity index (χ0n) is 18.9. The molecule has 0 unspecified atom stereocenters. The molecule has 0 aliphatic carbocycles. The normalized spacial score (nSPS) is 22.4. The Hall–Kier alpha value is -3.71. The van der Waals surface area contributed by atoms with E-state index in [0.717, 1.165) is 30.8 Å². The Morgan fingerprint density at radius 2 is 2.06 bits per heavy atom. The molecule has 5 heterocycles. The van der Waals surface area contributed by atoms with Gasteiger partial charge in [-0.3, -0.25) is 19.5 Å². The van der Waals surface area contributed by atoms with Gasteiger partial charge in [-0.1, -0.05) is 12.1 Å². The molecule has 0 amide bonds. The minimum absolute atomic E-state index is 0.0643. The molecular weight excluding hydrogens is 430 g/mol.